The van der Waals surface area contributed by atoms with Crippen LogP contribution in [0, 0.1) is 12.7 Å². The normalized spacial score (nSPS) is 11.0. The molecular formula is C19H17FN4OS. The molecule has 0 unspecified atom stereocenters. The first-order chi connectivity index (χ1) is 12.5. The summed E-state index contributed by atoms with van der Waals surface area (Å²) in [5.74, 6) is -0.556. The van der Waals surface area contributed by atoms with Crippen LogP contribution >= 0.6 is 12.2 Å². The van der Waals surface area contributed by atoms with Gasteiger partial charge in [-0.2, -0.15) is 5.10 Å². The van der Waals surface area contributed by atoms with Gasteiger partial charge in [-0.3, -0.25) is 10.2 Å². The van der Waals surface area contributed by atoms with Crippen LogP contribution in [-0.2, 0) is 0 Å². The van der Waals surface area contributed by atoms with Gasteiger partial charge in [0, 0.05) is 24.4 Å². The van der Waals surface area contributed by atoms with Gasteiger partial charge in [0.15, 0.2) is 5.11 Å². The van der Waals surface area contributed by atoms with Gasteiger partial charge in [-0.25, -0.2) is 4.39 Å². The summed E-state index contributed by atoms with van der Waals surface area (Å²) >= 11 is 4.99. The molecule has 2 aromatic heterocycles. The Morgan fingerprint density at radius 3 is 2.65 bits per heavy atom. The second-order valence-electron chi connectivity index (χ2n) is 5.63. The first kappa shape index (κ1) is 17.8. The van der Waals surface area contributed by atoms with Crippen LogP contribution in [0.5, 0.6) is 0 Å². The molecule has 0 aliphatic heterocycles. The smallest absolute Gasteiger partial charge is 0.210 e. The van der Waals surface area contributed by atoms with E-state index < -0.39 is 0 Å². The second kappa shape index (κ2) is 7.45. The Labute approximate surface area is 155 Å². The van der Waals surface area contributed by atoms with Crippen LogP contribution in [-0.4, -0.2) is 28.6 Å². The fourth-order valence-electron chi connectivity index (χ4n) is 2.75. The minimum Gasteiger partial charge on any atom is -0.364 e. The summed E-state index contributed by atoms with van der Waals surface area (Å²) in [6, 6.07) is 11.2. The number of aromatic nitrogens is 1. The van der Waals surface area contributed by atoms with E-state index in [4.69, 9.17) is 12.2 Å². The number of benzene rings is 1. The highest BCUT2D eigenvalue weighted by atomic mass is 32.1. The van der Waals surface area contributed by atoms with Gasteiger partial charge in [-0.15, -0.1) is 0 Å². The molecule has 0 amide bonds. The summed E-state index contributed by atoms with van der Waals surface area (Å²) in [4.78, 5) is 13.0. The van der Waals surface area contributed by atoms with Crippen LogP contribution in [0.4, 0.5) is 4.39 Å². The Bertz CT molecular complexity index is 1010. The number of carbonyl (C=O) groups excluding carboxylic acids is 1. The van der Waals surface area contributed by atoms with E-state index in [1.807, 2.05) is 35.7 Å². The Hall–Kier alpha value is -3.06. The number of ketones is 1. The Kier molecular flexibility index (Phi) is 5.09. The monoisotopic (exact) mass is 368 g/mol. The number of fused-ring (bicyclic) bond motifs is 1. The number of halogens is 1. The molecule has 0 fully saturated rings. The van der Waals surface area contributed by atoms with Gasteiger partial charge in [0.05, 0.1) is 17.4 Å². The molecule has 0 spiro atoms. The molecule has 1 aromatic carbocycles. The highest BCUT2D eigenvalue weighted by Gasteiger charge is 2.20. The molecule has 0 saturated heterocycles. The van der Waals surface area contributed by atoms with Gasteiger partial charge >= 0.3 is 0 Å². The average molecular weight is 368 g/mol. The lowest BCUT2D eigenvalue weighted by Crippen LogP contribution is -2.28. The van der Waals surface area contributed by atoms with E-state index in [1.165, 1.54) is 24.3 Å². The minimum atomic E-state index is -0.377. The lowest BCUT2D eigenvalue weighted by atomic mass is 10.0. The number of carbonyl (C=O) groups is 1. The van der Waals surface area contributed by atoms with Gasteiger partial charge in [-0.1, -0.05) is 6.07 Å². The molecule has 7 heteroatoms. The van der Waals surface area contributed by atoms with Crippen LogP contribution in [0.2, 0.25) is 0 Å². The number of pyridine rings is 1. The molecule has 2 heterocycles. The molecule has 3 aromatic rings. The number of nitrogens with zero attached hydrogens (tertiary/aromatic N) is 2. The quantitative estimate of drug-likeness (QED) is 0.322. The van der Waals surface area contributed by atoms with E-state index in [1.54, 1.807) is 13.3 Å². The fraction of sp³-hybridized carbons (Fsp3) is 0.105. The molecule has 0 aliphatic rings. The van der Waals surface area contributed by atoms with Crippen molar-refractivity contribution in [1.29, 1.82) is 0 Å². The Balaban J connectivity index is 2.09. The zero-order valence-electron chi connectivity index (χ0n) is 14.3. The van der Waals surface area contributed by atoms with Crippen molar-refractivity contribution in [3.05, 3.63) is 76.9 Å². The third-order valence-corrected chi connectivity index (χ3v) is 4.34. The van der Waals surface area contributed by atoms with E-state index in [0.717, 1.165) is 16.6 Å². The zero-order chi connectivity index (χ0) is 18.7. The van der Waals surface area contributed by atoms with Gasteiger partial charge in [0.2, 0.25) is 5.78 Å². The predicted molar refractivity (Wildman–Crippen MR) is 104 cm³/mol. The van der Waals surface area contributed by atoms with Crippen molar-refractivity contribution in [3.63, 3.8) is 0 Å². The summed E-state index contributed by atoms with van der Waals surface area (Å²) in [5, 5.41) is 7.29. The van der Waals surface area contributed by atoms with Crippen molar-refractivity contribution in [2.75, 3.05) is 7.05 Å². The maximum Gasteiger partial charge on any atom is 0.210 e. The molecule has 3 rings (SSSR count). The maximum atomic E-state index is 13.2. The maximum absolute atomic E-state index is 13.2. The van der Waals surface area contributed by atoms with Crippen molar-refractivity contribution in [2.45, 2.75) is 6.92 Å². The van der Waals surface area contributed by atoms with Crippen LogP contribution in [0.1, 0.15) is 27.2 Å². The van der Waals surface area contributed by atoms with E-state index in [2.05, 4.69) is 15.8 Å². The van der Waals surface area contributed by atoms with E-state index in [0.29, 0.717) is 16.4 Å². The lowest BCUT2D eigenvalue weighted by Gasteiger charge is -2.04. The largest absolute Gasteiger partial charge is 0.364 e. The molecule has 132 valence electrons. The molecule has 0 aliphatic carbocycles. The fourth-order valence-corrected chi connectivity index (χ4v) is 2.80. The van der Waals surface area contributed by atoms with Crippen molar-refractivity contribution >= 4 is 34.8 Å². The summed E-state index contributed by atoms with van der Waals surface area (Å²) in [6.07, 6.45) is 3.46. The number of hydrogen-bond acceptors (Lipinski definition) is 3. The summed E-state index contributed by atoms with van der Waals surface area (Å²) in [5.41, 5.74) is 6.08. The Morgan fingerprint density at radius 2 is 1.96 bits per heavy atom. The number of rotatable bonds is 4. The van der Waals surface area contributed by atoms with Gasteiger partial charge < -0.3 is 9.72 Å². The lowest BCUT2D eigenvalue weighted by molar-refractivity contribution is 0.103. The molecule has 5 nitrogen and oxygen atoms in total. The van der Waals surface area contributed by atoms with Crippen LogP contribution in [0.25, 0.3) is 5.52 Å². The molecule has 0 bridgehead atoms. The van der Waals surface area contributed by atoms with E-state index in [-0.39, 0.29) is 11.6 Å². The Morgan fingerprint density at radius 1 is 1.23 bits per heavy atom. The third kappa shape index (κ3) is 3.34. The highest BCUT2D eigenvalue weighted by molar-refractivity contribution is 7.80. The topological polar surface area (TPSA) is 57.9 Å². The minimum absolute atomic E-state index is 0.179. The van der Waals surface area contributed by atoms with Gasteiger partial charge in [0.1, 0.15) is 5.82 Å². The molecular weight excluding hydrogens is 351 g/mol. The van der Waals surface area contributed by atoms with Gasteiger partial charge in [0.25, 0.3) is 0 Å². The van der Waals surface area contributed by atoms with Crippen LogP contribution < -0.4 is 10.7 Å². The number of hydrazone groups is 1. The average Bonchev–Trinajstić information content (AvgIpc) is 2.93. The summed E-state index contributed by atoms with van der Waals surface area (Å²) < 4.78 is 15.0. The number of nitrogens with one attached hydrogen (secondary N) is 2. The molecule has 2 N–H and O–H groups in total. The summed E-state index contributed by atoms with van der Waals surface area (Å²) in [7, 11) is 1.70. The van der Waals surface area contributed by atoms with E-state index >= 15 is 0 Å². The van der Waals surface area contributed by atoms with Crippen LogP contribution in [0.3, 0.4) is 0 Å². The standard InChI is InChI=1S/C19H17FN4OS/c1-12-15(11-22-23-19(26)21-2)16-5-3-4-10-24(16)17(12)18(25)13-6-8-14(20)9-7-13/h3-11H,1-2H3,(H2,21,23,26). The second-order valence-corrected chi connectivity index (χ2v) is 6.04. The van der Waals surface area contributed by atoms with Gasteiger partial charge in [-0.05, 0) is 61.1 Å². The first-order valence-corrected chi connectivity index (χ1v) is 8.34. The highest BCUT2D eigenvalue weighted by Crippen LogP contribution is 2.24. The van der Waals surface area contributed by atoms with Crippen molar-refractivity contribution in [1.82, 2.24) is 15.1 Å². The van der Waals surface area contributed by atoms with Crippen molar-refractivity contribution in [3.8, 4) is 0 Å². The number of thiocarbonyl (C=S) groups is 1. The SMILES string of the molecule is CNC(=S)NN=Cc1c(C)c(C(=O)c2ccc(F)cc2)n2ccccc12. The third-order valence-electron chi connectivity index (χ3n) is 4.04. The molecule has 0 atom stereocenters. The molecule has 0 radical (unpaired) electrons. The van der Waals surface area contributed by atoms with Crippen molar-refractivity contribution < 1.29 is 9.18 Å². The number of hydrogen-bond donors (Lipinski definition) is 2. The van der Waals surface area contributed by atoms with Crippen molar-refractivity contribution in [2.24, 2.45) is 5.10 Å². The molecule has 0 saturated carbocycles. The molecule has 26 heavy (non-hydrogen) atoms. The van der Waals surface area contributed by atoms with Crippen LogP contribution in [0.15, 0.2) is 53.8 Å². The summed E-state index contributed by atoms with van der Waals surface area (Å²) in [6.45, 7) is 1.86. The van der Waals surface area contributed by atoms with E-state index in [9.17, 15) is 9.18 Å². The first-order valence-electron chi connectivity index (χ1n) is 7.93. The predicted octanol–water partition coefficient (Wildman–Crippen LogP) is 3.05. The zero-order valence-corrected chi connectivity index (χ0v) is 15.1.